The number of ether oxygens (including phenoxy) is 1. The fourth-order valence-corrected chi connectivity index (χ4v) is 2.71. The van der Waals surface area contributed by atoms with Gasteiger partial charge in [0, 0.05) is 18.5 Å². The summed E-state index contributed by atoms with van der Waals surface area (Å²) in [4.78, 5) is 24.5. The van der Waals surface area contributed by atoms with Crippen molar-refractivity contribution in [3.8, 4) is 5.75 Å². The van der Waals surface area contributed by atoms with Gasteiger partial charge in [0.1, 0.15) is 18.0 Å². The zero-order chi connectivity index (χ0) is 16.9. The molecule has 1 heterocycles. The summed E-state index contributed by atoms with van der Waals surface area (Å²) in [5.41, 5.74) is -1.10. The molecule has 7 heteroatoms. The molecule has 6 nitrogen and oxygen atoms in total. The molecule has 126 valence electrons. The highest BCUT2D eigenvalue weighted by atomic mass is 35.5. The second-order valence-electron chi connectivity index (χ2n) is 5.80. The highest BCUT2D eigenvalue weighted by Gasteiger charge is 2.36. The summed E-state index contributed by atoms with van der Waals surface area (Å²) in [6.07, 6.45) is 1.23. The summed E-state index contributed by atoms with van der Waals surface area (Å²) in [6.45, 7) is 2.14. The number of hydrogen-bond acceptors (Lipinski definition) is 4. The number of nitrogens with one attached hydrogen (secondary N) is 1. The van der Waals surface area contributed by atoms with Gasteiger partial charge in [-0.2, -0.15) is 0 Å². The normalized spacial score (nSPS) is 20.9. The van der Waals surface area contributed by atoms with E-state index in [2.05, 4.69) is 5.32 Å². The Hall–Kier alpha value is -1.79. The van der Waals surface area contributed by atoms with E-state index in [9.17, 15) is 14.7 Å². The Morgan fingerprint density at radius 3 is 2.96 bits per heavy atom. The van der Waals surface area contributed by atoms with Gasteiger partial charge in [0.25, 0.3) is 0 Å². The minimum absolute atomic E-state index is 0.0550. The minimum atomic E-state index is -1.10. The van der Waals surface area contributed by atoms with E-state index in [1.54, 1.807) is 29.2 Å². The maximum absolute atomic E-state index is 12.1. The topological polar surface area (TPSA) is 78.9 Å². The lowest BCUT2D eigenvalue weighted by Gasteiger charge is -2.39. The highest BCUT2D eigenvalue weighted by Crippen LogP contribution is 2.24. The van der Waals surface area contributed by atoms with E-state index in [0.717, 1.165) is 0 Å². The van der Waals surface area contributed by atoms with Crippen LogP contribution in [0.2, 0.25) is 5.02 Å². The number of hydrogen-bond donors (Lipinski definition) is 2. The Morgan fingerprint density at radius 2 is 2.26 bits per heavy atom. The molecule has 1 aromatic carbocycles. The van der Waals surface area contributed by atoms with Gasteiger partial charge in [-0.15, -0.1) is 0 Å². The van der Waals surface area contributed by atoms with Gasteiger partial charge in [0.2, 0.25) is 11.8 Å². The molecule has 1 unspecified atom stereocenters. The third kappa shape index (κ3) is 5.41. The molecule has 0 bridgehead atoms. The lowest BCUT2D eigenvalue weighted by molar-refractivity contribution is -0.140. The van der Waals surface area contributed by atoms with Crippen LogP contribution in [0.4, 0.5) is 0 Å². The lowest BCUT2D eigenvalue weighted by atomic mass is 9.93. The van der Waals surface area contributed by atoms with E-state index in [-0.39, 0.29) is 31.5 Å². The number of carbonyl (C=O) groups excluding carboxylic acids is 2. The highest BCUT2D eigenvalue weighted by molar-refractivity contribution is 6.30. The standard InChI is InChI=1S/C16H21ClN2O4/c1-12(20)18-9-15(21)19-7-3-6-16(22,10-19)11-23-14-5-2-4-13(17)8-14/h2,4-5,8,22H,3,6-7,9-11H2,1H3,(H,18,20). The zero-order valence-electron chi connectivity index (χ0n) is 13.0. The lowest BCUT2D eigenvalue weighted by Crippen LogP contribution is -2.54. The molecule has 2 rings (SSSR count). The Labute approximate surface area is 140 Å². The molecular formula is C16H21ClN2O4. The number of piperidine rings is 1. The number of nitrogens with zero attached hydrogens (tertiary/aromatic N) is 1. The van der Waals surface area contributed by atoms with Crippen LogP contribution in [-0.2, 0) is 9.59 Å². The summed E-state index contributed by atoms with van der Waals surface area (Å²) >= 11 is 5.90. The van der Waals surface area contributed by atoms with Crippen molar-refractivity contribution in [2.75, 3.05) is 26.2 Å². The summed E-state index contributed by atoms with van der Waals surface area (Å²) in [7, 11) is 0. The fourth-order valence-electron chi connectivity index (χ4n) is 2.53. The van der Waals surface area contributed by atoms with Crippen LogP contribution < -0.4 is 10.1 Å². The molecule has 0 aliphatic carbocycles. The van der Waals surface area contributed by atoms with Gasteiger partial charge >= 0.3 is 0 Å². The van der Waals surface area contributed by atoms with E-state index in [1.165, 1.54) is 6.92 Å². The van der Waals surface area contributed by atoms with Crippen molar-refractivity contribution in [1.29, 1.82) is 0 Å². The second kappa shape index (κ2) is 7.66. The molecule has 0 radical (unpaired) electrons. The Morgan fingerprint density at radius 1 is 1.48 bits per heavy atom. The number of carbonyl (C=O) groups is 2. The first kappa shape index (κ1) is 17.6. The monoisotopic (exact) mass is 340 g/mol. The molecule has 1 aliphatic rings. The van der Waals surface area contributed by atoms with E-state index < -0.39 is 5.60 Å². The number of rotatable bonds is 5. The van der Waals surface area contributed by atoms with Gasteiger partial charge < -0.3 is 20.1 Å². The van der Waals surface area contributed by atoms with Gasteiger partial charge in [-0.05, 0) is 31.0 Å². The number of aliphatic hydroxyl groups is 1. The van der Waals surface area contributed by atoms with Crippen LogP contribution in [0.25, 0.3) is 0 Å². The van der Waals surface area contributed by atoms with Crippen LogP contribution in [0.5, 0.6) is 5.75 Å². The SMILES string of the molecule is CC(=O)NCC(=O)N1CCCC(O)(COc2cccc(Cl)c2)C1. The Kier molecular flexibility index (Phi) is 5.85. The van der Waals surface area contributed by atoms with Crippen LogP contribution in [0, 0.1) is 0 Å². The largest absolute Gasteiger partial charge is 0.490 e. The molecule has 1 saturated heterocycles. The van der Waals surface area contributed by atoms with Crippen molar-refractivity contribution < 1.29 is 19.4 Å². The third-order valence-corrected chi connectivity index (χ3v) is 3.94. The summed E-state index contributed by atoms with van der Waals surface area (Å²) < 4.78 is 5.61. The molecule has 0 saturated carbocycles. The zero-order valence-corrected chi connectivity index (χ0v) is 13.8. The molecule has 2 N–H and O–H groups in total. The molecule has 0 aromatic heterocycles. The number of halogens is 1. The maximum Gasteiger partial charge on any atom is 0.242 e. The minimum Gasteiger partial charge on any atom is -0.490 e. The number of β-amino-alcohol motifs (C(OH)–C–C–N with tert-alkyl or cyclic N) is 1. The average molecular weight is 341 g/mol. The summed E-state index contributed by atoms with van der Waals surface area (Å²) in [5, 5.41) is 13.7. The molecule has 0 spiro atoms. The van der Waals surface area contributed by atoms with E-state index >= 15 is 0 Å². The van der Waals surface area contributed by atoms with Crippen molar-refractivity contribution in [1.82, 2.24) is 10.2 Å². The van der Waals surface area contributed by atoms with Crippen molar-refractivity contribution >= 4 is 23.4 Å². The fraction of sp³-hybridized carbons (Fsp3) is 0.500. The third-order valence-electron chi connectivity index (χ3n) is 3.70. The predicted octanol–water partition coefficient (Wildman–Crippen LogP) is 1.21. The van der Waals surface area contributed by atoms with E-state index in [4.69, 9.17) is 16.3 Å². The van der Waals surface area contributed by atoms with Crippen LogP contribution in [0.15, 0.2) is 24.3 Å². The maximum atomic E-state index is 12.1. The summed E-state index contributed by atoms with van der Waals surface area (Å²) in [5.74, 6) is 0.114. The van der Waals surface area contributed by atoms with Crippen molar-refractivity contribution in [3.63, 3.8) is 0 Å². The van der Waals surface area contributed by atoms with Gasteiger partial charge in [-0.25, -0.2) is 0 Å². The molecule has 23 heavy (non-hydrogen) atoms. The van der Waals surface area contributed by atoms with Gasteiger partial charge in [0.05, 0.1) is 13.1 Å². The van der Waals surface area contributed by atoms with Crippen molar-refractivity contribution in [3.05, 3.63) is 29.3 Å². The van der Waals surface area contributed by atoms with Crippen LogP contribution >= 0.6 is 11.6 Å². The Bertz CT molecular complexity index is 581. The molecule has 2 amide bonds. The first-order valence-electron chi connectivity index (χ1n) is 7.51. The number of amides is 2. The van der Waals surface area contributed by atoms with Crippen LogP contribution in [-0.4, -0.2) is 53.7 Å². The van der Waals surface area contributed by atoms with Gasteiger partial charge in [-0.3, -0.25) is 9.59 Å². The average Bonchev–Trinajstić information content (AvgIpc) is 2.51. The quantitative estimate of drug-likeness (QED) is 0.844. The molecule has 1 aromatic rings. The smallest absolute Gasteiger partial charge is 0.242 e. The van der Waals surface area contributed by atoms with Crippen LogP contribution in [0.1, 0.15) is 19.8 Å². The van der Waals surface area contributed by atoms with Gasteiger partial charge in [-0.1, -0.05) is 17.7 Å². The number of benzene rings is 1. The first-order valence-corrected chi connectivity index (χ1v) is 7.89. The Balaban J connectivity index is 1.90. The first-order chi connectivity index (χ1) is 10.9. The van der Waals surface area contributed by atoms with Crippen LogP contribution in [0.3, 0.4) is 0 Å². The number of likely N-dealkylation sites (tertiary alicyclic amines) is 1. The van der Waals surface area contributed by atoms with E-state index in [1.807, 2.05) is 0 Å². The predicted molar refractivity (Wildman–Crippen MR) is 86.4 cm³/mol. The van der Waals surface area contributed by atoms with Gasteiger partial charge in [0.15, 0.2) is 0 Å². The molecule has 1 atom stereocenters. The molecule has 1 fully saturated rings. The summed E-state index contributed by atoms with van der Waals surface area (Å²) in [6, 6.07) is 6.95. The molecular weight excluding hydrogens is 320 g/mol. The second-order valence-corrected chi connectivity index (χ2v) is 6.24. The van der Waals surface area contributed by atoms with Crippen molar-refractivity contribution in [2.45, 2.75) is 25.4 Å². The van der Waals surface area contributed by atoms with Crippen molar-refractivity contribution in [2.24, 2.45) is 0 Å². The molecule has 1 aliphatic heterocycles. The van der Waals surface area contributed by atoms with E-state index in [0.29, 0.717) is 30.2 Å².